The summed E-state index contributed by atoms with van der Waals surface area (Å²) in [5, 5.41) is 7.51. The lowest BCUT2D eigenvalue weighted by molar-refractivity contribution is 0.199. The van der Waals surface area contributed by atoms with Gasteiger partial charge in [-0.2, -0.15) is 5.10 Å². The van der Waals surface area contributed by atoms with Crippen molar-refractivity contribution in [3.63, 3.8) is 0 Å². The fourth-order valence-electron chi connectivity index (χ4n) is 1.76. The fourth-order valence-corrected chi connectivity index (χ4v) is 1.76. The Bertz CT molecular complexity index is 358. The highest BCUT2D eigenvalue weighted by Crippen LogP contribution is 2.08. The second-order valence-corrected chi connectivity index (χ2v) is 4.60. The van der Waals surface area contributed by atoms with Crippen molar-refractivity contribution in [1.82, 2.24) is 15.1 Å². The fraction of sp³-hybridized carbons (Fsp3) is 0.643. The summed E-state index contributed by atoms with van der Waals surface area (Å²) in [4.78, 5) is 0. The molecule has 1 heterocycles. The average molecular weight is 251 g/mol. The van der Waals surface area contributed by atoms with Crippen LogP contribution in [0.3, 0.4) is 0 Å². The molecule has 0 aliphatic heterocycles. The Balaban J connectivity index is 2.10. The third kappa shape index (κ3) is 6.57. The molecular formula is C14H25N3O. The first-order valence-corrected chi connectivity index (χ1v) is 6.55. The highest BCUT2D eigenvalue weighted by Gasteiger charge is 1.97. The van der Waals surface area contributed by atoms with Gasteiger partial charge in [-0.3, -0.25) is 4.68 Å². The normalized spacial score (nSPS) is 12.1. The molecular weight excluding hydrogens is 226 g/mol. The van der Waals surface area contributed by atoms with Gasteiger partial charge in [0, 0.05) is 26.9 Å². The second kappa shape index (κ2) is 8.89. The zero-order valence-electron chi connectivity index (χ0n) is 11.8. The zero-order valence-corrected chi connectivity index (χ0v) is 11.8. The molecule has 102 valence electrons. The predicted octanol–water partition coefficient (Wildman–Crippen LogP) is 1.93. The largest absolute Gasteiger partial charge is 0.383 e. The van der Waals surface area contributed by atoms with E-state index >= 15 is 0 Å². The minimum Gasteiger partial charge on any atom is -0.383 e. The summed E-state index contributed by atoms with van der Waals surface area (Å²) >= 11 is 0. The van der Waals surface area contributed by atoms with E-state index in [9.17, 15) is 0 Å². The molecule has 0 aromatic carbocycles. The van der Waals surface area contributed by atoms with Crippen LogP contribution in [0.4, 0.5) is 0 Å². The molecule has 0 atom stereocenters. The summed E-state index contributed by atoms with van der Waals surface area (Å²) in [5.41, 5.74) is 2.76. The Morgan fingerprint density at radius 3 is 3.00 bits per heavy atom. The Hall–Kier alpha value is -1.13. The minimum absolute atomic E-state index is 0.781. The number of aryl methyl sites for hydroxylation is 2. The molecule has 0 saturated carbocycles. The molecule has 1 rings (SSSR count). The highest BCUT2D eigenvalue weighted by atomic mass is 16.5. The van der Waals surface area contributed by atoms with Crippen LogP contribution in [0.25, 0.3) is 0 Å². The topological polar surface area (TPSA) is 39.1 Å². The van der Waals surface area contributed by atoms with Gasteiger partial charge in [0.2, 0.25) is 0 Å². The molecule has 0 fully saturated rings. The number of nitrogens with zero attached hydrogens (tertiary/aromatic N) is 2. The van der Waals surface area contributed by atoms with Crippen molar-refractivity contribution in [2.24, 2.45) is 7.05 Å². The number of rotatable bonds is 9. The van der Waals surface area contributed by atoms with E-state index in [0.29, 0.717) is 0 Å². The third-order valence-corrected chi connectivity index (χ3v) is 2.86. The number of hydrogen-bond donors (Lipinski definition) is 1. The van der Waals surface area contributed by atoms with Crippen molar-refractivity contribution < 1.29 is 4.74 Å². The van der Waals surface area contributed by atoms with Gasteiger partial charge in [-0.1, -0.05) is 11.6 Å². The number of ether oxygens (including phenoxy) is 1. The average Bonchev–Trinajstić information content (AvgIpc) is 2.77. The molecule has 0 saturated heterocycles. The quantitative estimate of drug-likeness (QED) is 0.538. The summed E-state index contributed by atoms with van der Waals surface area (Å²) in [6, 6.07) is 0. The minimum atomic E-state index is 0.781. The molecule has 0 bridgehead atoms. The van der Waals surface area contributed by atoms with Crippen molar-refractivity contribution in [2.75, 3.05) is 26.8 Å². The van der Waals surface area contributed by atoms with Crippen molar-refractivity contribution in [1.29, 1.82) is 0 Å². The third-order valence-electron chi connectivity index (χ3n) is 2.86. The van der Waals surface area contributed by atoms with E-state index in [0.717, 1.165) is 39.0 Å². The maximum Gasteiger partial charge on any atom is 0.0587 e. The van der Waals surface area contributed by atoms with E-state index in [-0.39, 0.29) is 0 Å². The van der Waals surface area contributed by atoms with Crippen LogP contribution < -0.4 is 5.32 Å². The van der Waals surface area contributed by atoms with Crippen LogP contribution in [0.2, 0.25) is 0 Å². The zero-order chi connectivity index (χ0) is 13.2. The summed E-state index contributed by atoms with van der Waals surface area (Å²) in [6.07, 6.45) is 9.62. The van der Waals surface area contributed by atoms with E-state index < -0.39 is 0 Å². The summed E-state index contributed by atoms with van der Waals surface area (Å²) in [7, 11) is 3.68. The van der Waals surface area contributed by atoms with Crippen LogP contribution >= 0.6 is 0 Å². The molecule has 0 radical (unpaired) electrons. The summed E-state index contributed by atoms with van der Waals surface area (Å²) in [5.74, 6) is 0. The number of nitrogens with one attached hydrogen (secondary N) is 1. The molecule has 0 spiro atoms. The lowest BCUT2D eigenvalue weighted by atomic mass is 10.1. The van der Waals surface area contributed by atoms with E-state index in [1.165, 1.54) is 11.1 Å². The van der Waals surface area contributed by atoms with Crippen molar-refractivity contribution >= 4 is 0 Å². The molecule has 1 aromatic heterocycles. The standard InChI is InChI=1S/C14H25N3O/c1-13(5-4-8-15-9-10-18-3)6-7-14-11-16-17(2)12-14/h5,11-12,15H,4,6-10H2,1-3H3/b13-5-. The highest BCUT2D eigenvalue weighted by molar-refractivity contribution is 5.08. The van der Waals surface area contributed by atoms with Crippen molar-refractivity contribution in [3.8, 4) is 0 Å². The smallest absolute Gasteiger partial charge is 0.0587 e. The molecule has 0 amide bonds. The van der Waals surface area contributed by atoms with Crippen LogP contribution in [0.1, 0.15) is 25.3 Å². The summed E-state index contributed by atoms with van der Waals surface area (Å²) in [6.45, 7) is 4.93. The molecule has 4 nitrogen and oxygen atoms in total. The molecule has 0 aliphatic carbocycles. The SMILES string of the molecule is COCCNCC/C=C(/C)CCc1cnn(C)c1. The van der Waals surface area contributed by atoms with Crippen molar-refractivity contribution in [3.05, 3.63) is 29.6 Å². The molecule has 0 unspecified atom stereocenters. The maximum absolute atomic E-state index is 4.97. The van der Waals surface area contributed by atoms with Crippen LogP contribution in [-0.4, -0.2) is 36.6 Å². The Morgan fingerprint density at radius 1 is 1.50 bits per heavy atom. The number of allylic oxidation sites excluding steroid dienone is 1. The monoisotopic (exact) mass is 251 g/mol. The number of methoxy groups -OCH3 is 1. The van der Waals surface area contributed by atoms with Gasteiger partial charge < -0.3 is 10.1 Å². The van der Waals surface area contributed by atoms with E-state index in [1.54, 1.807) is 7.11 Å². The predicted molar refractivity (Wildman–Crippen MR) is 74.6 cm³/mol. The van der Waals surface area contributed by atoms with Crippen LogP contribution in [-0.2, 0) is 18.2 Å². The molecule has 1 aromatic rings. The van der Waals surface area contributed by atoms with E-state index in [1.807, 2.05) is 17.9 Å². The van der Waals surface area contributed by atoms with Gasteiger partial charge in [0.25, 0.3) is 0 Å². The van der Waals surface area contributed by atoms with Gasteiger partial charge in [-0.25, -0.2) is 0 Å². The lowest BCUT2D eigenvalue weighted by Crippen LogP contribution is -2.19. The van der Waals surface area contributed by atoms with Gasteiger partial charge in [0.1, 0.15) is 0 Å². The lowest BCUT2D eigenvalue weighted by Gasteiger charge is -2.03. The van der Waals surface area contributed by atoms with Gasteiger partial charge in [0.15, 0.2) is 0 Å². The first-order valence-electron chi connectivity index (χ1n) is 6.55. The van der Waals surface area contributed by atoms with Crippen molar-refractivity contribution in [2.45, 2.75) is 26.2 Å². The maximum atomic E-state index is 4.97. The molecule has 1 N–H and O–H groups in total. The number of hydrogen-bond acceptors (Lipinski definition) is 3. The van der Waals surface area contributed by atoms with Gasteiger partial charge >= 0.3 is 0 Å². The molecule has 4 heteroatoms. The van der Waals surface area contributed by atoms with E-state index in [4.69, 9.17) is 4.74 Å². The second-order valence-electron chi connectivity index (χ2n) is 4.60. The molecule has 0 aliphatic rings. The number of aromatic nitrogens is 2. The Labute approximate surface area is 110 Å². The van der Waals surface area contributed by atoms with Crippen LogP contribution in [0, 0.1) is 0 Å². The molecule has 18 heavy (non-hydrogen) atoms. The summed E-state index contributed by atoms with van der Waals surface area (Å²) < 4.78 is 6.83. The van der Waals surface area contributed by atoms with Crippen LogP contribution in [0.5, 0.6) is 0 Å². The van der Waals surface area contributed by atoms with Gasteiger partial charge in [0.05, 0.1) is 12.8 Å². The van der Waals surface area contributed by atoms with E-state index in [2.05, 4.69) is 29.6 Å². The van der Waals surface area contributed by atoms with Crippen LogP contribution in [0.15, 0.2) is 24.0 Å². The Kier molecular flexibility index (Phi) is 7.37. The van der Waals surface area contributed by atoms with Gasteiger partial charge in [-0.15, -0.1) is 0 Å². The first-order chi connectivity index (χ1) is 8.72. The van der Waals surface area contributed by atoms with Gasteiger partial charge in [-0.05, 0) is 38.3 Å². The first kappa shape index (κ1) is 14.9. The Morgan fingerprint density at radius 2 is 2.33 bits per heavy atom.